The molecule has 0 aromatic heterocycles. The van der Waals surface area contributed by atoms with Gasteiger partial charge in [0.1, 0.15) is 0 Å². The number of amides is 2. The van der Waals surface area contributed by atoms with Crippen molar-refractivity contribution >= 4 is 23.5 Å². The molecule has 0 aliphatic rings. The molecule has 1 aromatic carbocycles. The van der Waals surface area contributed by atoms with Gasteiger partial charge in [0, 0.05) is 32.1 Å². The van der Waals surface area contributed by atoms with Crippen molar-refractivity contribution in [3.63, 3.8) is 0 Å². The third-order valence-electron chi connectivity index (χ3n) is 3.40. The molecular weight excluding hydrogens is 296 g/mol. The quantitative estimate of drug-likeness (QED) is 0.747. The lowest BCUT2D eigenvalue weighted by molar-refractivity contribution is -0.129. The van der Waals surface area contributed by atoms with E-state index in [2.05, 4.69) is 17.0 Å². The molecule has 0 bridgehead atoms. The van der Waals surface area contributed by atoms with Gasteiger partial charge < -0.3 is 15.0 Å². The van der Waals surface area contributed by atoms with E-state index in [0.717, 1.165) is 12.8 Å². The molecule has 0 radical (unpaired) electrons. The van der Waals surface area contributed by atoms with Gasteiger partial charge in [0.05, 0.1) is 12.7 Å². The fourth-order valence-electron chi connectivity index (χ4n) is 2.08. The summed E-state index contributed by atoms with van der Waals surface area (Å²) in [5.41, 5.74) is 0.902. The summed E-state index contributed by atoms with van der Waals surface area (Å²) in [5.74, 6) is -0.683. The van der Waals surface area contributed by atoms with Gasteiger partial charge in [0.2, 0.25) is 11.8 Å². The lowest BCUT2D eigenvalue weighted by Gasteiger charge is -2.20. The fraction of sp³-hybridized carbons (Fsp3) is 0.471. The molecule has 0 aliphatic carbocycles. The van der Waals surface area contributed by atoms with Crippen LogP contribution in [0.2, 0.25) is 0 Å². The number of unbranched alkanes of at least 4 members (excludes halogenated alkanes) is 1. The maximum absolute atomic E-state index is 12.0. The van der Waals surface area contributed by atoms with Gasteiger partial charge in [-0.2, -0.15) is 0 Å². The lowest BCUT2D eigenvalue weighted by atomic mass is 10.2. The fourth-order valence-corrected chi connectivity index (χ4v) is 2.08. The highest BCUT2D eigenvalue weighted by Crippen LogP contribution is 2.12. The Bertz CT molecular complexity index is 557. The van der Waals surface area contributed by atoms with E-state index in [1.165, 1.54) is 14.0 Å². The number of methoxy groups -OCH3 is 1. The molecule has 6 nitrogen and oxygen atoms in total. The Kier molecular flexibility index (Phi) is 7.80. The van der Waals surface area contributed by atoms with Crippen molar-refractivity contribution in [3.8, 4) is 0 Å². The first kappa shape index (κ1) is 18.7. The van der Waals surface area contributed by atoms with Crippen molar-refractivity contribution in [2.75, 3.05) is 25.5 Å². The normalized spacial score (nSPS) is 10.0. The molecule has 0 heterocycles. The van der Waals surface area contributed by atoms with Gasteiger partial charge in [-0.3, -0.25) is 9.59 Å². The molecule has 0 atom stereocenters. The summed E-state index contributed by atoms with van der Waals surface area (Å²) in [6.45, 7) is 4.61. The molecule has 23 heavy (non-hydrogen) atoms. The van der Waals surface area contributed by atoms with Crippen LogP contribution in [0.5, 0.6) is 0 Å². The molecule has 1 aromatic rings. The number of anilines is 1. The number of benzene rings is 1. The summed E-state index contributed by atoms with van der Waals surface area (Å²) in [4.78, 5) is 36.7. The van der Waals surface area contributed by atoms with E-state index in [-0.39, 0.29) is 18.2 Å². The van der Waals surface area contributed by atoms with Crippen LogP contribution >= 0.6 is 0 Å². The van der Waals surface area contributed by atoms with Crippen LogP contribution in [0.4, 0.5) is 5.69 Å². The summed E-state index contributed by atoms with van der Waals surface area (Å²) >= 11 is 0. The first-order chi connectivity index (χ1) is 11.0. The zero-order valence-electron chi connectivity index (χ0n) is 13.9. The number of carbonyl (C=O) groups excluding carboxylic acids is 3. The second kappa shape index (κ2) is 9.61. The number of nitrogens with zero attached hydrogens (tertiary/aromatic N) is 1. The maximum atomic E-state index is 12.0. The van der Waals surface area contributed by atoms with Crippen LogP contribution in [-0.4, -0.2) is 42.9 Å². The number of hydrogen-bond donors (Lipinski definition) is 1. The molecule has 126 valence electrons. The smallest absolute Gasteiger partial charge is 0.337 e. The Labute approximate surface area is 136 Å². The van der Waals surface area contributed by atoms with Crippen LogP contribution in [0, 0.1) is 0 Å². The number of hydrogen-bond acceptors (Lipinski definition) is 4. The zero-order chi connectivity index (χ0) is 17.2. The van der Waals surface area contributed by atoms with Crippen molar-refractivity contribution in [3.05, 3.63) is 29.8 Å². The van der Waals surface area contributed by atoms with E-state index < -0.39 is 5.97 Å². The highest BCUT2D eigenvalue weighted by atomic mass is 16.5. The molecular formula is C17H24N2O4. The van der Waals surface area contributed by atoms with E-state index in [1.807, 2.05) is 0 Å². The van der Waals surface area contributed by atoms with Crippen LogP contribution in [0.1, 0.15) is 43.5 Å². The number of carbonyl (C=O) groups is 3. The second-order valence-corrected chi connectivity index (χ2v) is 5.23. The standard InChI is InChI=1S/C17H24N2O4/c1-4-5-10-19(13(2)20)11-9-16(21)18-15-8-6-7-14(12-15)17(22)23-3/h6-8,12H,4-5,9-11H2,1-3H3,(H,18,21). The largest absolute Gasteiger partial charge is 0.465 e. The third kappa shape index (κ3) is 6.50. The molecule has 0 saturated carbocycles. The van der Waals surface area contributed by atoms with Gasteiger partial charge in [0.25, 0.3) is 0 Å². The molecule has 0 unspecified atom stereocenters. The average molecular weight is 320 g/mol. The maximum Gasteiger partial charge on any atom is 0.337 e. The Balaban J connectivity index is 2.56. The zero-order valence-corrected chi connectivity index (χ0v) is 13.9. The monoisotopic (exact) mass is 320 g/mol. The van der Waals surface area contributed by atoms with Gasteiger partial charge in [-0.15, -0.1) is 0 Å². The van der Waals surface area contributed by atoms with Crippen molar-refractivity contribution in [2.45, 2.75) is 33.1 Å². The van der Waals surface area contributed by atoms with Crippen molar-refractivity contribution in [1.82, 2.24) is 4.90 Å². The Morgan fingerprint density at radius 2 is 1.96 bits per heavy atom. The predicted molar refractivity (Wildman–Crippen MR) is 88.2 cm³/mol. The van der Waals surface area contributed by atoms with E-state index in [9.17, 15) is 14.4 Å². The number of rotatable bonds is 8. The van der Waals surface area contributed by atoms with Crippen molar-refractivity contribution in [2.24, 2.45) is 0 Å². The van der Waals surface area contributed by atoms with Crippen LogP contribution < -0.4 is 5.32 Å². The molecule has 0 fully saturated rings. The first-order valence-corrected chi connectivity index (χ1v) is 7.71. The SMILES string of the molecule is CCCCN(CCC(=O)Nc1cccc(C(=O)OC)c1)C(C)=O. The Morgan fingerprint density at radius 3 is 2.57 bits per heavy atom. The minimum absolute atomic E-state index is 0.0288. The average Bonchev–Trinajstić information content (AvgIpc) is 2.54. The molecule has 0 spiro atoms. The van der Waals surface area contributed by atoms with E-state index >= 15 is 0 Å². The van der Waals surface area contributed by atoms with Crippen LogP contribution in [-0.2, 0) is 14.3 Å². The highest BCUT2D eigenvalue weighted by molar-refractivity contribution is 5.94. The minimum atomic E-state index is -0.455. The lowest BCUT2D eigenvalue weighted by Crippen LogP contribution is -2.32. The van der Waals surface area contributed by atoms with Gasteiger partial charge in [-0.25, -0.2) is 4.79 Å². The summed E-state index contributed by atoms with van der Waals surface area (Å²) in [7, 11) is 1.31. The summed E-state index contributed by atoms with van der Waals surface area (Å²) in [5, 5.41) is 2.73. The van der Waals surface area contributed by atoms with E-state index in [1.54, 1.807) is 29.2 Å². The number of nitrogens with one attached hydrogen (secondary N) is 1. The number of esters is 1. The summed E-state index contributed by atoms with van der Waals surface area (Å²) in [6, 6.07) is 6.54. The van der Waals surface area contributed by atoms with Crippen LogP contribution in [0.15, 0.2) is 24.3 Å². The van der Waals surface area contributed by atoms with Crippen molar-refractivity contribution in [1.29, 1.82) is 0 Å². The Hall–Kier alpha value is -2.37. The first-order valence-electron chi connectivity index (χ1n) is 7.71. The van der Waals surface area contributed by atoms with E-state index in [0.29, 0.717) is 24.3 Å². The van der Waals surface area contributed by atoms with Gasteiger partial charge >= 0.3 is 5.97 Å². The molecule has 6 heteroatoms. The van der Waals surface area contributed by atoms with Gasteiger partial charge in [-0.05, 0) is 24.6 Å². The topological polar surface area (TPSA) is 75.7 Å². The predicted octanol–water partition coefficient (Wildman–Crippen LogP) is 2.45. The summed E-state index contributed by atoms with van der Waals surface area (Å²) < 4.78 is 4.64. The summed E-state index contributed by atoms with van der Waals surface area (Å²) in [6.07, 6.45) is 2.13. The molecule has 1 rings (SSSR count). The third-order valence-corrected chi connectivity index (χ3v) is 3.40. The van der Waals surface area contributed by atoms with Crippen LogP contribution in [0.25, 0.3) is 0 Å². The molecule has 2 amide bonds. The van der Waals surface area contributed by atoms with Crippen molar-refractivity contribution < 1.29 is 19.1 Å². The number of ether oxygens (including phenoxy) is 1. The second-order valence-electron chi connectivity index (χ2n) is 5.23. The minimum Gasteiger partial charge on any atom is -0.465 e. The van der Waals surface area contributed by atoms with Crippen LogP contribution in [0.3, 0.4) is 0 Å². The van der Waals surface area contributed by atoms with Gasteiger partial charge in [-0.1, -0.05) is 19.4 Å². The van der Waals surface area contributed by atoms with Gasteiger partial charge in [0.15, 0.2) is 0 Å². The molecule has 0 saturated heterocycles. The highest BCUT2D eigenvalue weighted by Gasteiger charge is 2.12. The Morgan fingerprint density at radius 1 is 1.22 bits per heavy atom. The van der Waals surface area contributed by atoms with E-state index in [4.69, 9.17) is 0 Å². The molecule has 0 aliphatic heterocycles. The molecule has 1 N–H and O–H groups in total.